The molecule has 0 unspecified atom stereocenters. The normalized spacial score (nSPS) is 13.1. The maximum atomic E-state index is 13.6. The van der Waals surface area contributed by atoms with Crippen molar-refractivity contribution in [3.05, 3.63) is 206 Å². The van der Waals surface area contributed by atoms with Crippen LogP contribution in [0.15, 0.2) is 152 Å². The number of rotatable bonds is 11. The second kappa shape index (κ2) is 15.7. The lowest BCUT2D eigenvalue weighted by atomic mass is 9.99. The van der Waals surface area contributed by atoms with Crippen LogP contribution in [0.25, 0.3) is 0 Å². The molecule has 9 nitrogen and oxygen atoms in total. The molecule has 0 saturated heterocycles. The summed E-state index contributed by atoms with van der Waals surface area (Å²) in [5.74, 6) is -3.98. The third kappa shape index (κ3) is 7.70. The van der Waals surface area contributed by atoms with Crippen LogP contribution in [0.5, 0.6) is 0 Å². The third-order valence-electron chi connectivity index (χ3n) is 8.87. The van der Waals surface area contributed by atoms with Crippen molar-refractivity contribution in [2.75, 3.05) is 4.90 Å². The summed E-state index contributed by atoms with van der Waals surface area (Å²) in [7, 11) is 0. The number of imide groups is 1. The largest absolute Gasteiger partial charge is 0.445 e. The maximum Gasteiger partial charge on any atom is 0.339 e. The van der Waals surface area contributed by atoms with Crippen LogP contribution >= 0.6 is 23.2 Å². The quantitative estimate of drug-likeness (QED) is 0.0726. The van der Waals surface area contributed by atoms with Gasteiger partial charge in [-0.1, -0.05) is 83.9 Å². The van der Waals surface area contributed by atoms with Crippen molar-refractivity contribution in [1.82, 2.24) is 0 Å². The number of carbonyl (C=O) groups excluding carboxylic acids is 6. The van der Waals surface area contributed by atoms with Crippen molar-refractivity contribution in [1.29, 1.82) is 0 Å². The number of fused-ring (bicyclic) bond motifs is 1. The van der Waals surface area contributed by atoms with Gasteiger partial charge in [0.15, 0.2) is 12.2 Å². The van der Waals surface area contributed by atoms with E-state index in [1.165, 1.54) is 54.6 Å². The van der Waals surface area contributed by atoms with Gasteiger partial charge in [-0.2, -0.15) is 0 Å². The van der Waals surface area contributed by atoms with Crippen LogP contribution in [0, 0.1) is 0 Å². The molecule has 0 spiro atoms. The predicted molar refractivity (Wildman–Crippen MR) is 205 cm³/mol. The smallest absolute Gasteiger partial charge is 0.339 e. The number of amides is 2. The van der Waals surface area contributed by atoms with Gasteiger partial charge in [-0.05, 0) is 91.0 Å². The number of hydrogen-bond donors (Lipinski definition) is 0. The van der Waals surface area contributed by atoms with Crippen molar-refractivity contribution < 1.29 is 38.2 Å². The highest BCUT2D eigenvalue weighted by Crippen LogP contribution is 2.32. The minimum Gasteiger partial charge on any atom is -0.445 e. The molecule has 270 valence electrons. The molecule has 55 heavy (non-hydrogen) atoms. The van der Waals surface area contributed by atoms with Crippen LogP contribution in [-0.2, 0) is 9.47 Å². The molecule has 11 heteroatoms. The van der Waals surface area contributed by atoms with Crippen molar-refractivity contribution in [2.24, 2.45) is 0 Å². The number of nitrogens with zero attached hydrogens (tertiary/aromatic N) is 1. The highest BCUT2D eigenvalue weighted by Gasteiger charge is 2.38. The molecule has 0 aromatic heterocycles. The maximum absolute atomic E-state index is 13.6. The molecule has 6 aromatic carbocycles. The number of halogens is 2. The first-order valence-corrected chi connectivity index (χ1v) is 17.6. The molecule has 2 atom stereocenters. The fourth-order valence-electron chi connectivity index (χ4n) is 6.03. The number of ether oxygens (including phenoxy) is 2. The van der Waals surface area contributed by atoms with Gasteiger partial charge >= 0.3 is 11.9 Å². The van der Waals surface area contributed by atoms with Gasteiger partial charge in [0.2, 0.25) is 11.6 Å². The van der Waals surface area contributed by atoms with E-state index in [0.29, 0.717) is 26.7 Å². The Morgan fingerprint density at radius 3 is 1.33 bits per heavy atom. The van der Waals surface area contributed by atoms with Gasteiger partial charge in [-0.3, -0.25) is 19.2 Å². The first kappa shape index (κ1) is 36.7. The van der Waals surface area contributed by atoms with Gasteiger partial charge in [-0.15, -0.1) is 0 Å². The Morgan fingerprint density at radius 1 is 0.455 bits per heavy atom. The fraction of sp³-hybridized carbons (Fsp3) is 0.0455. The topological polar surface area (TPSA) is 124 Å². The van der Waals surface area contributed by atoms with E-state index in [2.05, 4.69) is 0 Å². The monoisotopic (exact) mass is 767 g/mol. The van der Waals surface area contributed by atoms with Gasteiger partial charge in [-0.25, -0.2) is 14.5 Å². The van der Waals surface area contributed by atoms with Gasteiger partial charge in [0, 0.05) is 32.3 Å². The molecule has 6 aromatic rings. The lowest BCUT2D eigenvalue weighted by Crippen LogP contribution is -2.29. The van der Waals surface area contributed by atoms with E-state index < -0.39 is 47.5 Å². The van der Waals surface area contributed by atoms with E-state index in [4.69, 9.17) is 32.7 Å². The second-order valence-electron chi connectivity index (χ2n) is 12.4. The first-order chi connectivity index (χ1) is 26.6. The summed E-state index contributed by atoms with van der Waals surface area (Å²) in [6.45, 7) is 0. The Balaban J connectivity index is 1.08. The zero-order chi connectivity index (χ0) is 38.6. The molecule has 0 bridgehead atoms. The van der Waals surface area contributed by atoms with Crippen LogP contribution in [0.1, 0.15) is 85.5 Å². The van der Waals surface area contributed by atoms with Crippen LogP contribution in [-0.4, -0.2) is 35.3 Å². The minimum atomic E-state index is -1.30. The highest BCUT2D eigenvalue weighted by atomic mass is 35.5. The number of Topliss-reactive ketones (excluding diaryl/α,β-unsaturated/α-hetero) is 2. The van der Waals surface area contributed by atoms with Crippen molar-refractivity contribution in [3.8, 4) is 0 Å². The fourth-order valence-corrected chi connectivity index (χ4v) is 6.28. The SMILES string of the molecule is O=C(O[C@H](C(=O)c1ccc(Cl)cc1)c1ccccc1)c1ccc2c(c1)C(=O)N(c1ccc(C(=O)O[C@@H](C(=O)c3ccc(Cl)cc3)c3ccccc3)cc1)C2=O. The van der Waals surface area contributed by atoms with Gasteiger partial charge in [0.25, 0.3) is 11.8 Å². The summed E-state index contributed by atoms with van der Waals surface area (Å²) in [5, 5.41) is 0.882. The Labute approximate surface area is 324 Å². The lowest BCUT2D eigenvalue weighted by Gasteiger charge is -2.18. The van der Waals surface area contributed by atoms with Crippen molar-refractivity contribution >= 4 is 64.2 Å². The number of anilines is 1. The summed E-state index contributed by atoms with van der Waals surface area (Å²) >= 11 is 12.0. The zero-order valence-corrected chi connectivity index (χ0v) is 30.1. The summed E-state index contributed by atoms with van der Waals surface area (Å²) < 4.78 is 11.5. The Hall–Kier alpha value is -6.68. The Morgan fingerprint density at radius 2 is 0.855 bits per heavy atom. The van der Waals surface area contributed by atoms with E-state index in [-0.39, 0.29) is 33.5 Å². The Kier molecular flexibility index (Phi) is 10.5. The molecule has 1 aliphatic rings. The number of esters is 2. The average Bonchev–Trinajstić information content (AvgIpc) is 3.47. The van der Waals surface area contributed by atoms with Gasteiger partial charge < -0.3 is 9.47 Å². The van der Waals surface area contributed by atoms with Crippen LogP contribution in [0.2, 0.25) is 10.0 Å². The van der Waals surface area contributed by atoms with E-state index in [9.17, 15) is 28.8 Å². The number of hydrogen-bond acceptors (Lipinski definition) is 8. The van der Waals surface area contributed by atoms with Crippen LogP contribution < -0.4 is 4.90 Å². The number of benzene rings is 6. The summed E-state index contributed by atoms with van der Waals surface area (Å²) in [5.41, 5.74) is 1.64. The molecule has 0 radical (unpaired) electrons. The molecule has 0 fully saturated rings. The summed E-state index contributed by atoms with van der Waals surface area (Å²) in [6, 6.07) is 38.9. The van der Waals surface area contributed by atoms with E-state index in [1.54, 1.807) is 97.1 Å². The molecule has 1 heterocycles. The molecule has 0 aliphatic carbocycles. The molecule has 0 N–H and O–H groups in total. The van der Waals surface area contributed by atoms with Crippen molar-refractivity contribution in [2.45, 2.75) is 12.2 Å². The van der Waals surface area contributed by atoms with E-state index >= 15 is 0 Å². The Bertz CT molecular complexity index is 2450. The third-order valence-corrected chi connectivity index (χ3v) is 9.38. The predicted octanol–water partition coefficient (Wildman–Crippen LogP) is 9.36. The minimum absolute atomic E-state index is 0.0466. The molecule has 0 saturated carbocycles. The van der Waals surface area contributed by atoms with Crippen LogP contribution in [0.3, 0.4) is 0 Å². The molecule has 2 amide bonds. The zero-order valence-electron chi connectivity index (χ0n) is 28.6. The lowest BCUT2D eigenvalue weighted by molar-refractivity contribution is 0.0278. The molecule has 1 aliphatic heterocycles. The van der Waals surface area contributed by atoms with E-state index in [1.807, 2.05) is 0 Å². The van der Waals surface area contributed by atoms with E-state index in [0.717, 1.165) is 4.90 Å². The average molecular weight is 769 g/mol. The van der Waals surface area contributed by atoms with Crippen LogP contribution in [0.4, 0.5) is 5.69 Å². The molecular weight excluding hydrogens is 741 g/mol. The molecule has 7 rings (SSSR count). The summed E-state index contributed by atoms with van der Waals surface area (Å²) in [4.78, 5) is 81.9. The van der Waals surface area contributed by atoms with Gasteiger partial charge in [0.05, 0.1) is 27.9 Å². The van der Waals surface area contributed by atoms with Gasteiger partial charge in [0.1, 0.15) is 0 Å². The first-order valence-electron chi connectivity index (χ1n) is 16.8. The number of ketones is 2. The standard InChI is InChI=1S/C44H27Cl2NO8/c45-32-18-11-26(12-19-32)37(48)39(28-7-3-1-4-8-28)54-43(52)30-15-22-34(23-16-30)47-41(50)35-24-17-31(25-36(35)42(47)51)44(53)55-40(29-9-5-2-6-10-29)38(49)27-13-20-33(46)21-14-27/h1-25,39-40H/t39-,40+/m1/s1. The molecular formula is C44H27Cl2NO8. The van der Waals surface area contributed by atoms with Crippen molar-refractivity contribution in [3.63, 3.8) is 0 Å². The summed E-state index contributed by atoms with van der Waals surface area (Å²) in [6.07, 6.45) is -2.56. The number of carbonyl (C=O) groups is 6. The highest BCUT2D eigenvalue weighted by molar-refractivity contribution is 6.35. The second-order valence-corrected chi connectivity index (χ2v) is 13.3.